The van der Waals surface area contributed by atoms with Gasteiger partial charge in [-0.05, 0) is 74.3 Å². The lowest BCUT2D eigenvalue weighted by Crippen LogP contribution is -2.26. The van der Waals surface area contributed by atoms with Crippen LogP contribution >= 0.6 is 0 Å². The van der Waals surface area contributed by atoms with Crippen LogP contribution in [0, 0.1) is 35.3 Å². The quantitative estimate of drug-likeness (QED) is 0.500. The Hall–Kier alpha value is -1.25. The van der Waals surface area contributed by atoms with E-state index in [-0.39, 0.29) is 11.3 Å². The summed E-state index contributed by atoms with van der Waals surface area (Å²) < 4.78 is 26.6. The molecular formula is C23H32F2O. The first-order valence-electron chi connectivity index (χ1n) is 10.5. The molecule has 0 bridgehead atoms. The summed E-state index contributed by atoms with van der Waals surface area (Å²) in [6.07, 6.45) is 13.3. The fraction of sp³-hybridized carbons (Fsp3) is 0.696. The SMILES string of the molecule is CCC[C@H]1CC[C@H](C2CCC(CC(=O)c3cc(F)cc(F)c3)CC2)CC1. The van der Waals surface area contributed by atoms with Gasteiger partial charge < -0.3 is 0 Å². The third-order valence-corrected chi connectivity index (χ3v) is 6.81. The van der Waals surface area contributed by atoms with Crippen molar-refractivity contribution in [2.45, 2.75) is 77.6 Å². The Morgan fingerprint density at radius 3 is 1.85 bits per heavy atom. The zero-order valence-corrected chi connectivity index (χ0v) is 16.0. The van der Waals surface area contributed by atoms with E-state index in [1.165, 1.54) is 51.4 Å². The molecule has 3 rings (SSSR count). The summed E-state index contributed by atoms with van der Waals surface area (Å²) >= 11 is 0. The summed E-state index contributed by atoms with van der Waals surface area (Å²) in [7, 11) is 0. The molecule has 0 unspecified atom stereocenters. The maximum atomic E-state index is 13.3. The van der Waals surface area contributed by atoms with E-state index in [0.717, 1.165) is 48.8 Å². The first-order valence-corrected chi connectivity index (χ1v) is 10.5. The zero-order valence-electron chi connectivity index (χ0n) is 16.0. The molecule has 144 valence electrons. The molecule has 1 aromatic rings. The number of hydrogen-bond donors (Lipinski definition) is 0. The van der Waals surface area contributed by atoms with E-state index in [2.05, 4.69) is 6.92 Å². The van der Waals surface area contributed by atoms with Gasteiger partial charge in [-0.3, -0.25) is 4.79 Å². The largest absolute Gasteiger partial charge is 0.294 e. The number of carbonyl (C=O) groups excluding carboxylic acids is 1. The van der Waals surface area contributed by atoms with E-state index in [9.17, 15) is 13.6 Å². The molecule has 0 aromatic heterocycles. The van der Waals surface area contributed by atoms with Gasteiger partial charge in [-0.2, -0.15) is 0 Å². The number of Topliss-reactive ketones (excluding diaryl/α,β-unsaturated/α-hetero) is 1. The van der Waals surface area contributed by atoms with Gasteiger partial charge in [0, 0.05) is 18.1 Å². The number of halogens is 2. The van der Waals surface area contributed by atoms with E-state index in [1.54, 1.807) is 0 Å². The number of carbonyl (C=O) groups is 1. The van der Waals surface area contributed by atoms with Crippen molar-refractivity contribution in [3.05, 3.63) is 35.4 Å². The molecule has 1 nitrogen and oxygen atoms in total. The highest BCUT2D eigenvalue weighted by molar-refractivity contribution is 5.96. The lowest BCUT2D eigenvalue weighted by Gasteiger charge is -2.37. The van der Waals surface area contributed by atoms with Crippen molar-refractivity contribution in [2.24, 2.45) is 23.7 Å². The highest BCUT2D eigenvalue weighted by Gasteiger charge is 2.31. The van der Waals surface area contributed by atoms with Crippen molar-refractivity contribution in [3.63, 3.8) is 0 Å². The second-order valence-corrected chi connectivity index (χ2v) is 8.64. The summed E-state index contributed by atoms with van der Waals surface area (Å²) in [5.41, 5.74) is 0.180. The average molecular weight is 363 g/mol. The van der Waals surface area contributed by atoms with Gasteiger partial charge in [0.05, 0.1) is 0 Å². The molecule has 0 radical (unpaired) electrons. The van der Waals surface area contributed by atoms with E-state index < -0.39 is 11.6 Å². The van der Waals surface area contributed by atoms with Crippen LogP contribution in [0.25, 0.3) is 0 Å². The number of hydrogen-bond acceptors (Lipinski definition) is 1. The van der Waals surface area contributed by atoms with Crippen LogP contribution in [0.5, 0.6) is 0 Å². The third kappa shape index (κ3) is 5.14. The van der Waals surface area contributed by atoms with Crippen LogP contribution < -0.4 is 0 Å². The van der Waals surface area contributed by atoms with Gasteiger partial charge in [-0.25, -0.2) is 8.78 Å². The molecule has 0 N–H and O–H groups in total. The van der Waals surface area contributed by atoms with Crippen molar-refractivity contribution in [2.75, 3.05) is 0 Å². The summed E-state index contributed by atoms with van der Waals surface area (Å²) in [6, 6.07) is 3.13. The first-order chi connectivity index (χ1) is 12.5. The Balaban J connectivity index is 1.44. The van der Waals surface area contributed by atoms with Crippen LogP contribution in [0.15, 0.2) is 18.2 Å². The van der Waals surface area contributed by atoms with Crippen LogP contribution in [-0.4, -0.2) is 5.78 Å². The minimum Gasteiger partial charge on any atom is -0.294 e. The predicted molar refractivity (Wildman–Crippen MR) is 101 cm³/mol. The molecule has 0 heterocycles. The van der Waals surface area contributed by atoms with E-state index in [4.69, 9.17) is 0 Å². The van der Waals surface area contributed by atoms with Crippen LogP contribution in [0.1, 0.15) is 87.9 Å². The molecule has 26 heavy (non-hydrogen) atoms. The van der Waals surface area contributed by atoms with Gasteiger partial charge in [0.25, 0.3) is 0 Å². The molecule has 3 heteroatoms. The van der Waals surface area contributed by atoms with Crippen molar-refractivity contribution in [3.8, 4) is 0 Å². The monoisotopic (exact) mass is 362 g/mol. The molecular weight excluding hydrogens is 330 g/mol. The van der Waals surface area contributed by atoms with Crippen molar-refractivity contribution in [1.82, 2.24) is 0 Å². The van der Waals surface area contributed by atoms with Crippen LogP contribution in [-0.2, 0) is 0 Å². The Morgan fingerprint density at radius 1 is 0.846 bits per heavy atom. The van der Waals surface area contributed by atoms with Gasteiger partial charge in [0.1, 0.15) is 11.6 Å². The smallest absolute Gasteiger partial charge is 0.163 e. The molecule has 2 aliphatic rings. The Bertz CT molecular complexity index is 576. The summed E-state index contributed by atoms with van der Waals surface area (Å²) in [5.74, 6) is 1.59. The van der Waals surface area contributed by atoms with Gasteiger partial charge in [0.2, 0.25) is 0 Å². The van der Waals surface area contributed by atoms with Gasteiger partial charge in [0.15, 0.2) is 5.78 Å². The average Bonchev–Trinajstić information content (AvgIpc) is 2.62. The number of benzene rings is 1. The van der Waals surface area contributed by atoms with E-state index in [1.807, 2.05) is 0 Å². The Kier molecular flexibility index (Phi) is 6.83. The second-order valence-electron chi connectivity index (χ2n) is 8.64. The molecule has 0 saturated heterocycles. The molecule has 2 aliphatic carbocycles. The minimum absolute atomic E-state index is 0.119. The van der Waals surface area contributed by atoms with E-state index >= 15 is 0 Å². The maximum absolute atomic E-state index is 13.3. The Morgan fingerprint density at radius 2 is 1.35 bits per heavy atom. The third-order valence-electron chi connectivity index (χ3n) is 6.81. The zero-order chi connectivity index (χ0) is 18.5. The lowest BCUT2D eigenvalue weighted by atomic mass is 9.68. The minimum atomic E-state index is -0.671. The van der Waals surface area contributed by atoms with Crippen molar-refractivity contribution < 1.29 is 13.6 Å². The fourth-order valence-corrected chi connectivity index (χ4v) is 5.32. The van der Waals surface area contributed by atoms with Crippen LogP contribution in [0.4, 0.5) is 8.78 Å². The first kappa shape index (κ1) is 19.5. The molecule has 0 amide bonds. The van der Waals surface area contributed by atoms with Gasteiger partial charge in [-0.1, -0.05) is 32.6 Å². The molecule has 0 spiro atoms. The van der Waals surface area contributed by atoms with Crippen molar-refractivity contribution >= 4 is 5.78 Å². The summed E-state index contributed by atoms with van der Waals surface area (Å²) in [4.78, 5) is 12.4. The van der Waals surface area contributed by atoms with Gasteiger partial charge >= 0.3 is 0 Å². The van der Waals surface area contributed by atoms with Crippen molar-refractivity contribution in [1.29, 1.82) is 0 Å². The number of ketones is 1. The fourth-order valence-electron chi connectivity index (χ4n) is 5.32. The molecule has 0 atom stereocenters. The number of rotatable bonds is 6. The Labute approximate surface area is 156 Å². The normalized spacial score (nSPS) is 29.5. The topological polar surface area (TPSA) is 17.1 Å². The maximum Gasteiger partial charge on any atom is 0.163 e. The highest BCUT2D eigenvalue weighted by Crippen LogP contribution is 2.42. The summed E-state index contributed by atoms with van der Waals surface area (Å²) in [6.45, 7) is 2.28. The molecule has 0 aliphatic heterocycles. The standard InChI is InChI=1S/C23H32F2O/c1-2-3-16-4-8-18(9-5-16)19-10-6-17(7-11-19)12-23(26)20-13-21(24)15-22(25)14-20/h13-19H,2-12H2,1H3/t16-,17?,18-,19?. The van der Waals surface area contributed by atoms with E-state index in [0.29, 0.717) is 12.3 Å². The molecule has 1 aromatic carbocycles. The van der Waals surface area contributed by atoms with Crippen LogP contribution in [0.3, 0.4) is 0 Å². The lowest BCUT2D eigenvalue weighted by molar-refractivity contribution is 0.0919. The van der Waals surface area contributed by atoms with Crippen LogP contribution in [0.2, 0.25) is 0 Å². The highest BCUT2D eigenvalue weighted by atomic mass is 19.1. The summed E-state index contributed by atoms with van der Waals surface area (Å²) in [5, 5.41) is 0. The van der Waals surface area contributed by atoms with Gasteiger partial charge in [-0.15, -0.1) is 0 Å². The predicted octanol–water partition coefficient (Wildman–Crippen LogP) is 6.95. The second kappa shape index (κ2) is 9.10. The molecule has 2 saturated carbocycles. The molecule has 2 fully saturated rings.